The van der Waals surface area contributed by atoms with Crippen LogP contribution in [0.3, 0.4) is 0 Å². The predicted molar refractivity (Wildman–Crippen MR) is 253 cm³/mol. The third kappa shape index (κ3) is 8.91. The van der Waals surface area contributed by atoms with E-state index in [4.69, 9.17) is 0 Å². The molecule has 2 atom stereocenters. The molecule has 8 heteroatoms. The average Bonchev–Trinajstić information content (AvgIpc) is 3.88. The molecule has 2 aliphatic heterocycles. The lowest BCUT2D eigenvalue weighted by Gasteiger charge is -2.43. The highest BCUT2D eigenvalue weighted by Crippen LogP contribution is 2.49. The first-order chi connectivity index (χ1) is 25.6. The number of benzene rings is 3. The first-order valence-corrected chi connectivity index (χ1v) is 19.4. The van der Waals surface area contributed by atoms with Gasteiger partial charge < -0.3 is 19.6 Å². The zero-order valence-electron chi connectivity index (χ0n) is 34.7. The highest BCUT2D eigenvalue weighted by atomic mass is 15.5. The van der Waals surface area contributed by atoms with Crippen molar-refractivity contribution in [3.05, 3.63) is 143 Å². The molecule has 0 fully saturated rings. The van der Waals surface area contributed by atoms with E-state index in [2.05, 4.69) is 197 Å². The summed E-state index contributed by atoms with van der Waals surface area (Å²) in [7, 11) is 4.03. The normalized spacial score (nSPS) is 16.5. The summed E-state index contributed by atoms with van der Waals surface area (Å²) in [5.41, 5.74) is 11.8. The van der Waals surface area contributed by atoms with Gasteiger partial charge in [0.15, 0.2) is 0 Å². The Morgan fingerprint density at radius 3 is 1.29 bits per heavy atom. The van der Waals surface area contributed by atoms with Crippen LogP contribution >= 0.6 is 0 Å². The predicted octanol–water partition coefficient (Wildman–Crippen LogP) is 13.5. The van der Waals surface area contributed by atoms with Crippen molar-refractivity contribution in [1.29, 1.82) is 0 Å². The molecule has 4 heterocycles. The minimum absolute atomic E-state index is 0. The highest BCUT2D eigenvalue weighted by molar-refractivity contribution is 5.69. The number of anilines is 4. The number of hydrogen-bond donors (Lipinski definition) is 0. The lowest BCUT2D eigenvalue weighted by atomic mass is 9.90. The van der Waals surface area contributed by atoms with Crippen molar-refractivity contribution < 1.29 is 0 Å². The summed E-state index contributed by atoms with van der Waals surface area (Å²) in [6, 6.07) is 32.3. The summed E-state index contributed by atoms with van der Waals surface area (Å²) < 4.78 is 3.94. The summed E-state index contributed by atoms with van der Waals surface area (Å²) in [6.45, 7) is 25.0. The smallest absolute Gasteiger partial charge is 0.138 e. The molecule has 58 heavy (non-hydrogen) atoms. The molecule has 0 saturated carbocycles. The molecule has 0 spiro atoms. The standard InChI is InChI=1S/C25H30N4.C21H30N4.4CH4/c1-17(2)24-20(5)28(22-15-16-26-27(22)6)25(23-18(3)11-10-12-19(23)4)29(24)21-13-8-7-9-14-21;1-15(2)19-16(3)24(18-13-14-22-23(18)7)20(21(4,5)6)25(19)17-11-9-8-10-12-17;;;;/h7-17,25H,1-6H3;8-15,20H,1-7H3;4*1H4. The molecule has 0 radical (unpaired) electrons. The van der Waals surface area contributed by atoms with E-state index in [0.717, 1.165) is 11.6 Å². The van der Waals surface area contributed by atoms with E-state index in [9.17, 15) is 0 Å². The van der Waals surface area contributed by atoms with Crippen molar-refractivity contribution in [2.24, 2.45) is 31.3 Å². The van der Waals surface area contributed by atoms with Gasteiger partial charge in [-0.2, -0.15) is 10.2 Å². The average molecular weight is 789 g/mol. The van der Waals surface area contributed by atoms with Gasteiger partial charge in [0.25, 0.3) is 0 Å². The monoisotopic (exact) mass is 789 g/mol. The van der Waals surface area contributed by atoms with E-state index in [1.807, 2.05) is 35.9 Å². The van der Waals surface area contributed by atoms with E-state index < -0.39 is 0 Å². The SMILES string of the molecule is C.C.C.C.CC1=C(C(C)C)N(c2ccccc2)C(C(C)(C)C)N1c1ccnn1C.CC1=C(C(C)C)N(c2ccccc2)C(c2c(C)cccc2C)N1c1ccnn1C. The van der Waals surface area contributed by atoms with Crippen LogP contribution in [0.1, 0.15) is 115 Å². The molecule has 5 aromatic rings. The quantitative estimate of drug-likeness (QED) is 0.164. The van der Waals surface area contributed by atoms with Crippen LogP contribution < -0.4 is 19.6 Å². The zero-order valence-corrected chi connectivity index (χ0v) is 34.7. The Balaban J connectivity index is 0.000000378. The lowest BCUT2D eigenvalue weighted by Crippen LogP contribution is -2.50. The molecule has 8 nitrogen and oxygen atoms in total. The second kappa shape index (κ2) is 19.5. The van der Waals surface area contributed by atoms with Crippen molar-refractivity contribution >= 4 is 23.0 Å². The van der Waals surface area contributed by atoms with Gasteiger partial charge >= 0.3 is 0 Å². The fourth-order valence-electron chi connectivity index (χ4n) is 8.65. The van der Waals surface area contributed by atoms with E-state index in [1.54, 1.807) is 0 Å². The van der Waals surface area contributed by atoms with Gasteiger partial charge in [-0.25, -0.2) is 0 Å². The second-order valence-corrected chi connectivity index (χ2v) is 16.4. The molecule has 7 rings (SSSR count). The maximum absolute atomic E-state index is 4.47. The van der Waals surface area contributed by atoms with Crippen LogP contribution in [0.2, 0.25) is 0 Å². The number of nitrogens with zero attached hydrogens (tertiary/aromatic N) is 8. The lowest BCUT2D eigenvalue weighted by molar-refractivity contribution is 0.318. The number of hydrogen-bond acceptors (Lipinski definition) is 6. The van der Waals surface area contributed by atoms with Crippen LogP contribution in [0.5, 0.6) is 0 Å². The molecule has 2 aliphatic rings. The molecule has 0 bridgehead atoms. The van der Waals surface area contributed by atoms with Gasteiger partial charge in [0.1, 0.15) is 24.0 Å². The summed E-state index contributed by atoms with van der Waals surface area (Å²) in [5.74, 6) is 3.06. The molecule has 0 saturated heterocycles. The molecule has 2 aromatic heterocycles. The first-order valence-electron chi connectivity index (χ1n) is 19.4. The Kier molecular flexibility index (Phi) is 16.4. The largest absolute Gasteiger partial charge is 0.321 e. The maximum Gasteiger partial charge on any atom is 0.138 e. The Labute approximate surface area is 353 Å². The van der Waals surface area contributed by atoms with Crippen LogP contribution in [0.25, 0.3) is 0 Å². The maximum atomic E-state index is 4.47. The first kappa shape index (κ1) is 48.9. The number of allylic oxidation sites excluding steroid dienone is 4. The third-order valence-corrected chi connectivity index (χ3v) is 10.8. The highest BCUT2D eigenvalue weighted by Gasteiger charge is 2.46. The van der Waals surface area contributed by atoms with Gasteiger partial charge in [-0.1, -0.05) is 133 Å². The molecule has 316 valence electrons. The van der Waals surface area contributed by atoms with Crippen LogP contribution in [-0.2, 0) is 14.1 Å². The zero-order chi connectivity index (χ0) is 39.1. The summed E-state index contributed by atoms with van der Waals surface area (Å²) in [6.07, 6.45) is 4.00. The number of rotatable bonds is 7. The van der Waals surface area contributed by atoms with E-state index >= 15 is 0 Å². The van der Waals surface area contributed by atoms with Crippen molar-refractivity contribution in [3.8, 4) is 0 Å². The molecule has 0 amide bonds. The van der Waals surface area contributed by atoms with Crippen LogP contribution in [-0.4, -0.2) is 25.7 Å². The molecule has 2 unspecified atom stereocenters. The minimum Gasteiger partial charge on any atom is -0.321 e. The molecule has 0 aliphatic carbocycles. The van der Waals surface area contributed by atoms with Crippen molar-refractivity contribution in [2.45, 2.75) is 118 Å². The molecular weight excluding hydrogens is 713 g/mol. The molecule has 0 N–H and O–H groups in total. The summed E-state index contributed by atoms with van der Waals surface area (Å²) in [4.78, 5) is 9.94. The van der Waals surface area contributed by atoms with Crippen molar-refractivity contribution in [1.82, 2.24) is 19.6 Å². The summed E-state index contributed by atoms with van der Waals surface area (Å²) in [5, 5.41) is 8.88. The topological polar surface area (TPSA) is 48.6 Å². The van der Waals surface area contributed by atoms with Crippen LogP contribution in [0.15, 0.2) is 126 Å². The minimum atomic E-state index is 0. The second-order valence-electron chi connectivity index (χ2n) is 16.4. The number of para-hydroxylation sites is 2. The van der Waals surface area contributed by atoms with Crippen LogP contribution in [0.4, 0.5) is 23.0 Å². The van der Waals surface area contributed by atoms with Gasteiger partial charge in [-0.3, -0.25) is 9.36 Å². The Hall–Kier alpha value is -5.24. The fourth-order valence-corrected chi connectivity index (χ4v) is 8.65. The van der Waals surface area contributed by atoms with Gasteiger partial charge in [-0.05, 0) is 74.9 Å². The number of aromatic nitrogens is 4. The van der Waals surface area contributed by atoms with Crippen LogP contribution in [0, 0.1) is 31.1 Å². The van der Waals surface area contributed by atoms with E-state index in [0.29, 0.717) is 11.8 Å². The van der Waals surface area contributed by atoms with Gasteiger partial charge in [0.05, 0.1) is 12.4 Å². The van der Waals surface area contributed by atoms with E-state index in [1.165, 1.54) is 50.9 Å². The third-order valence-electron chi connectivity index (χ3n) is 10.8. The fraction of sp³-hybridized carbons (Fsp3) is 0.440. The Morgan fingerprint density at radius 2 is 0.897 bits per heavy atom. The van der Waals surface area contributed by atoms with Gasteiger partial charge in [0, 0.05) is 71.4 Å². The van der Waals surface area contributed by atoms with Crippen molar-refractivity contribution in [3.63, 3.8) is 0 Å². The molecule has 3 aromatic carbocycles. The summed E-state index contributed by atoms with van der Waals surface area (Å²) >= 11 is 0. The van der Waals surface area contributed by atoms with Gasteiger partial charge in [0.2, 0.25) is 0 Å². The molecular formula is C50H76N8. The van der Waals surface area contributed by atoms with E-state index in [-0.39, 0.29) is 47.5 Å². The van der Waals surface area contributed by atoms with Gasteiger partial charge in [-0.15, -0.1) is 0 Å². The number of aryl methyl sites for hydroxylation is 4. The Bertz CT molecular complexity index is 2090. The van der Waals surface area contributed by atoms with Crippen molar-refractivity contribution in [2.75, 3.05) is 19.6 Å². The Morgan fingerprint density at radius 1 is 0.500 bits per heavy atom.